The fourth-order valence-corrected chi connectivity index (χ4v) is 1.92. The van der Waals surface area contributed by atoms with E-state index in [1.807, 2.05) is 13.0 Å². The lowest BCUT2D eigenvalue weighted by atomic mass is 10.1. The Morgan fingerprint density at radius 2 is 2.11 bits per heavy atom. The van der Waals surface area contributed by atoms with Crippen molar-refractivity contribution in [3.05, 3.63) is 29.3 Å². The molecule has 1 aromatic carbocycles. The largest absolute Gasteiger partial charge is 0.395 e. The molecule has 1 rings (SSSR count). The van der Waals surface area contributed by atoms with Crippen LogP contribution in [0.5, 0.6) is 0 Å². The third kappa shape index (κ3) is 4.40. The first-order chi connectivity index (χ1) is 8.48. The molecule has 0 fully saturated rings. The molecule has 5 heteroatoms. The Kier molecular flexibility index (Phi) is 5.20. The van der Waals surface area contributed by atoms with Gasteiger partial charge in [-0.1, -0.05) is 17.9 Å². The summed E-state index contributed by atoms with van der Waals surface area (Å²) in [6.45, 7) is 3.51. The minimum Gasteiger partial charge on any atom is -0.395 e. The first-order valence-electron chi connectivity index (χ1n) is 5.69. The van der Waals surface area contributed by atoms with Gasteiger partial charge in [0.05, 0.1) is 12.4 Å². The number of sulfonamides is 1. The summed E-state index contributed by atoms with van der Waals surface area (Å²) in [6, 6.07) is 5.23. The molecule has 0 aliphatic rings. The molecule has 4 nitrogen and oxygen atoms in total. The molecule has 2 N–H and O–H groups in total. The minimum absolute atomic E-state index is 0.0220. The topological polar surface area (TPSA) is 66.4 Å². The van der Waals surface area contributed by atoms with Crippen molar-refractivity contribution >= 4 is 15.7 Å². The second-order valence-electron chi connectivity index (χ2n) is 3.81. The predicted molar refractivity (Wildman–Crippen MR) is 72.8 cm³/mol. The van der Waals surface area contributed by atoms with Gasteiger partial charge in [-0.15, -0.1) is 0 Å². The van der Waals surface area contributed by atoms with E-state index in [1.54, 1.807) is 19.1 Å². The lowest BCUT2D eigenvalue weighted by Gasteiger charge is -2.07. The average molecular weight is 267 g/mol. The van der Waals surface area contributed by atoms with Crippen molar-refractivity contribution < 1.29 is 13.5 Å². The van der Waals surface area contributed by atoms with Gasteiger partial charge >= 0.3 is 0 Å². The summed E-state index contributed by atoms with van der Waals surface area (Å²) < 4.78 is 25.4. The third-order valence-electron chi connectivity index (χ3n) is 2.35. The van der Waals surface area contributed by atoms with Crippen LogP contribution in [0.2, 0.25) is 0 Å². The SMILES string of the molecule is CCS(=O)(=O)Nc1ccc(C)c(C#CCCO)c1. The zero-order valence-electron chi connectivity index (χ0n) is 10.5. The number of aryl methyl sites for hydroxylation is 1. The minimum atomic E-state index is -3.27. The van der Waals surface area contributed by atoms with Crippen molar-refractivity contribution in [1.82, 2.24) is 0 Å². The molecule has 1 aromatic rings. The maximum atomic E-state index is 11.4. The summed E-state index contributed by atoms with van der Waals surface area (Å²) in [7, 11) is -3.27. The average Bonchev–Trinajstić information content (AvgIpc) is 2.33. The molecule has 0 saturated heterocycles. The number of hydrogen-bond acceptors (Lipinski definition) is 3. The van der Waals surface area contributed by atoms with Crippen LogP contribution in [0.25, 0.3) is 0 Å². The van der Waals surface area contributed by atoms with Gasteiger partial charge in [-0.2, -0.15) is 0 Å². The van der Waals surface area contributed by atoms with Gasteiger partial charge in [-0.05, 0) is 31.5 Å². The van der Waals surface area contributed by atoms with E-state index in [1.165, 1.54) is 0 Å². The molecular formula is C13H17NO3S. The smallest absolute Gasteiger partial charge is 0.232 e. The van der Waals surface area contributed by atoms with E-state index in [0.717, 1.165) is 11.1 Å². The van der Waals surface area contributed by atoms with Gasteiger partial charge in [0.15, 0.2) is 0 Å². The molecule has 18 heavy (non-hydrogen) atoms. The molecule has 0 atom stereocenters. The van der Waals surface area contributed by atoms with Crippen molar-refractivity contribution in [2.75, 3.05) is 17.1 Å². The van der Waals surface area contributed by atoms with E-state index in [2.05, 4.69) is 16.6 Å². The molecule has 98 valence electrons. The lowest BCUT2D eigenvalue weighted by molar-refractivity contribution is 0.305. The summed E-state index contributed by atoms with van der Waals surface area (Å²) in [5, 5.41) is 8.66. The van der Waals surface area contributed by atoms with E-state index in [4.69, 9.17) is 5.11 Å². The van der Waals surface area contributed by atoms with Gasteiger partial charge in [-0.3, -0.25) is 4.72 Å². The van der Waals surface area contributed by atoms with Crippen molar-refractivity contribution in [2.45, 2.75) is 20.3 Å². The van der Waals surface area contributed by atoms with Crippen molar-refractivity contribution in [2.24, 2.45) is 0 Å². The summed E-state index contributed by atoms with van der Waals surface area (Å²) in [5.41, 5.74) is 2.25. The molecule has 0 amide bonds. The first-order valence-corrected chi connectivity index (χ1v) is 7.34. The standard InChI is InChI=1S/C13H17NO3S/c1-3-18(16,17)14-13-8-7-11(2)12(10-13)6-4-5-9-15/h7-8,10,14-15H,3,5,9H2,1-2H3. The van der Waals surface area contributed by atoms with Gasteiger partial charge < -0.3 is 5.11 Å². The van der Waals surface area contributed by atoms with Crippen LogP contribution in [0.15, 0.2) is 18.2 Å². The van der Waals surface area contributed by atoms with Gasteiger partial charge in [0.1, 0.15) is 0 Å². The Labute approximate surface area is 108 Å². The van der Waals surface area contributed by atoms with E-state index >= 15 is 0 Å². The quantitative estimate of drug-likeness (QED) is 0.812. The van der Waals surface area contributed by atoms with Crippen LogP contribution in [0.3, 0.4) is 0 Å². The molecule has 0 aliphatic heterocycles. The number of aliphatic hydroxyl groups is 1. The molecule has 0 saturated carbocycles. The van der Waals surface area contributed by atoms with Crippen LogP contribution >= 0.6 is 0 Å². The van der Waals surface area contributed by atoms with Crippen LogP contribution < -0.4 is 4.72 Å². The highest BCUT2D eigenvalue weighted by Gasteiger charge is 2.07. The molecule has 0 bridgehead atoms. The van der Waals surface area contributed by atoms with Gasteiger partial charge in [0, 0.05) is 17.7 Å². The molecular weight excluding hydrogens is 250 g/mol. The molecule has 0 heterocycles. The highest BCUT2D eigenvalue weighted by Crippen LogP contribution is 2.15. The fourth-order valence-electron chi connectivity index (χ4n) is 1.29. The van der Waals surface area contributed by atoms with Crippen LogP contribution in [-0.2, 0) is 10.0 Å². The van der Waals surface area contributed by atoms with Gasteiger partial charge in [0.25, 0.3) is 0 Å². The van der Waals surface area contributed by atoms with Crippen LogP contribution in [-0.4, -0.2) is 25.9 Å². The van der Waals surface area contributed by atoms with E-state index in [0.29, 0.717) is 12.1 Å². The Bertz CT molecular complexity index is 568. The highest BCUT2D eigenvalue weighted by molar-refractivity contribution is 7.92. The molecule has 0 unspecified atom stereocenters. The first kappa shape index (κ1) is 14.6. The van der Waals surface area contributed by atoms with E-state index in [-0.39, 0.29) is 12.4 Å². The third-order valence-corrected chi connectivity index (χ3v) is 3.66. The lowest BCUT2D eigenvalue weighted by Crippen LogP contribution is -2.14. The fraction of sp³-hybridized carbons (Fsp3) is 0.385. The van der Waals surface area contributed by atoms with Crippen molar-refractivity contribution in [3.8, 4) is 11.8 Å². The summed E-state index contributed by atoms with van der Waals surface area (Å²) in [6.07, 6.45) is 0.407. The molecule has 0 aromatic heterocycles. The second kappa shape index (κ2) is 6.43. The zero-order valence-corrected chi connectivity index (χ0v) is 11.3. The zero-order chi connectivity index (χ0) is 13.6. The maximum Gasteiger partial charge on any atom is 0.232 e. The van der Waals surface area contributed by atoms with Gasteiger partial charge in [-0.25, -0.2) is 8.42 Å². The Morgan fingerprint density at radius 1 is 1.39 bits per heavy atom. The number of rotatable bonds is 4. The number of aliphatic hydroxyl groups excluding tert-OH is 1. The summed E-state index contributed by atoms with van der Waals surface area (Å²) in [5.74, 6) is 5.77. The van der Waals surface area contributed by atoms with Gasteiger partial charge in [0.2, 0.25) is 10.0 Å². The van der Waals surface area contributed by atoms with E-state index in [9.17, 15) is 8.42 Å². The van der Waals surface area contributed by atoms with Crippen LogP contribution in [0.4, 0.5) is 5.69 Å². The predicted octanol–water partition coefficient (Wildman–Crippen LogP) is 1.49. The molecule has 0 radical (unpaired) electrons. The second-order valence-corrected chi connectivity index (χ2v) is 5.82. The van der Waals surface area contributed by atoms with Crippen molar-refractivity contribution in [3.63, 3.8) is 0 Å². The number of nitrogens with one attached hydrogen (secondary N) is 1. The maximum absolute atomic E-state index is 11.4. The number of hydrogen-bond donors (Lipinski definition) is 2. The number of anilines is 1. The summed E-state index contributed by atoms with van der Waals surface area (Å²) in [4.78, 5) is 0. The van der Waals surface area contributed by atoms with Crippen LogP contribution in [0.1, 0.15) is 24.5 Å². The molecule has 0 spiro atoms. The monoisotopic (exact) mass is 267 g/mol. The van der Waals surface area contributed by atoms with Crippen LogP contribution in [0, 0.1) is 18.8 Å². The Hall–Kier alpha value is -1.51. The van der Waals surface area contributed by atoms with Crippen molar-refractivity contribution in [1.29, 1.82) is 0 Å². The molecule has 0 aliphatic carbocycles. The summed E-state index contributed by atoms with van der Waals surface area (Å²) >= 11 is 0. The number of benzene rings is 1. The highest BCUT2D eigenvalue weighted by atomic mass is 32.2. The normalized spacial score (nSPS) is 10.6. The van der Waals surface area contributed by atoms with E-state index < -0.39 is 10.0 Å². The Balaban J connectivity index is 2.98. The Morgan fingerprint density at radius 3 is 2.72 bits per heavy atom.